The van der Waals surface area contributed by atoms with Crippen LogP contribution in [0.5, 0.6) is 0 Å². The van der Waals surface area contributed by atoms with Crippen LogP contribution in [0.3, 0.4) is 0 Å². The number of hydrogen-bond acceptors (Lipinski definition) is 6. The third kappa shape index (κ3) is 4.72. The predicted molar refractivity (Wildman–Crippen MR) is 129 cm³/mol. The van der Waals surface area contributed by atoms with Gasteiger partial charge in [-0.1, -0.05) is 54.1 Å². The highest BCUT2D eigenvalue weighted by atomic mass is 35.5. The number of nitrogens with zero attached hydrogens (tertiary/aromatic N) is 4. The van der Waals surface area contributed by atoms with E-state index in [1.807, 2.05) is 48.5 Å². The summed E-state index contributed by atoms with van der Waals surface area (Å²) in [5, 5.41) is 27.1. The molecule has 2 atom stereocenters. The van der Waals surface area contributed by atoms with E-state index in [0.29, 0.717) is 27.6 Å². The maximum atomic E-state index is 11.2. The molecule has 0 saturated heterocycles. The summed E-state index contributed by atoms with van der Waals surface area (Å²) >= 11 is 6.70. The van der Waals surface area contributed by atoms with Crippen molar-refractivity contribution in [3.63, 3.8) is 0 Å². The van der Waals surface area contributed by atoms with E-state index in [1.54, 1.807) is 24.0 Å². The van der Waals surface area contributed by atoms with Gasteiger partial charge >= 0.3 is 5.97 Å². The van der Waals surface area contributed by atoms with Crippen LogP contribution in [0, 0.1) is 0 Å². The second-order valence-electron chi connectivity index (χ2n) is 7.57. The summed E-state index contributed by atoms with van der Waals surface area (Å²) in [7, 11) is 1.79. The van der Waals surface area contributed by atoms with Gasteiger partial charge in [0.2, 0.25) is 0 Å². The van der Waals surface area contributed by atoms with Crippen LogP contribution in [0.25, 0.3) is 22.2 Å². The summed E-state index contributed by atoms with van der Waals surface area (Å²) in [5.74, 6) is -0.660. The largest absolute Gasteiger partial charge is 0.480 e. The van der Waals surface area contributed by atoms with Crippen LogP contribution in [-0.2, 0) is 11.8 Å². The van der Waals surface area contributed by atoms with Crippen LogP contribution in [0.1, 0.15) is 12.5 Å². The minimum Gasteiger partial charge on any atom is -0.480 e. The molecule has 2 aromatic heterocycles. The molecule has 0 aliphatic rings. The van der Waals surface area contributed by atoms with E-state index in [2.05, 4.69) is 20.4 Å². The number of carboxylic acid groups (broad SMARTS) is 1. The molecule has 2 heterocycles. The van der Waals surface area contributed by atoms with E-state index in [9.17, 15) is 15.0 Å². The van der Waals surface area contributed by atoms with Crippen molar-refractivity contribution in [3.05, 3.63) is 71.4 Å². The lowest BCUT2D eigenvalue weighted by Crippen LogP contribution is -2.29. The third-order valence-electron chi connectivity index (χ3n) is 5.14. The number of nitrogens with one attached hydrogen (secondary N) is 1. The molecule has 9 heteroatoms. The van der Waals surface area contributed by atoms with Gasteiger partial charge in [-0.2, -0.15) is 5.10 Å². The number of aliphatic hydroxyl groups excluding tert-OH is 1. The molecule has 3 N–H and O–H groups in total. The quantitative estimate of drug-likeness (QED) is 0.352. The molecule has 0 radical (unpaired) electrons. The molecule has 4 aromatic rings. The molecule has 0 amide bonds. The van der Waals surface area contributed by atoms with Crippen molar-refractivity contribution >= 4 is 46.3 Å². The van der Waals surface area contributed by atoms with Gasteiger partial charge in [0.1, 0.15) is 5.52 Å². The molecular weight excluding hydrogens is 442 g/mol. The Hall–Kier alpha value is -3.75. The summed E-state index contributed by atoms with van der Waals surface area (Å²) in [6.45, 7) is 1.38. The Balaban J connectivity index is 1.65. The fraction of sp³-hybridized carbons (Fsp3) is 0.167. The van der Waals surface area contributed by atoms with Crippen LogP contribution in [0.2, 0.25) is 5.02 Å². The first-order valence-electron chi connectivity index (χ1n) is 10.2. The smallest absolute Gasteiger partial charge is 0.331 e. The number of aryl methyl sites for hydroxylation is 1. The lowest BCUT2D eigenvalue weighted by Gasteiger charge is -2.11. The Morgan fingerprint density at radius 3 is 2.67 bits per heavy atom. The van der Waals surface area contributed by atoms with Gasteiger partial charge in [-0.15, -0.1) is 0 Å². The van der Waals surface area contributed by atoms with Crippen molar-refractivity contribution in [1.82, 2.24) is 14.8 Å². The van der Waals surface area contributed by atoms with Crippen molar-refractivity contribution in [3.8, 4) is 11.1 Å². The number of pyridine rings is 1. The Morgan fingerprint density at radius 2 is 1.97 bits per heavy atom. The first-order valence-corrected chi connectivity index (χ1v) is 10.6. The molecule has 2 aromatic carbocycles. The number of aliphatic carboxylic acids is 1. The Morgan fingerprint density at radius 1 is 1.21 bits per heavy atom. The normalized spacial score (nSPS) is 13.3. The topological polar surface area (TPSA) is 113 Å². The van der Waals surface area contributed by atoms with Gasteiger partial charge in [-0.05, 0) is 24.6 Å². The van der Waals surface area contributed by atoms with Crippen molar-refractivity contribution in [2.24, 2.45) is 12.0 Å². The summed E-state index contributed by atoms with van der Waals surface area (Å²) in [5.41, 5.74) is 4.55. The van der Waals surface area contributed by atoms with Crippen molar-refractivity contribution in [2.45, 2.75) is 19.1 Å². The number of halogens is 1. The standard InChI is InChI=1S/C24H22ClN5O3/c1-14(31)21(24(32)33)26-12-15-11-19-22(27-13-15)23(29-30(19)2)28-18-10-6-9-17(20(18)25)16-7-4-3-5-8-16/h3-14,21,31H,1-2H3,(H,28,29)(H,32,33). The number of aliphatic imine (C=N–C) groups is 1. The van der Waals surface area contributed by atoms with Gasteiger partial charge in [-0.25, -0.2) is 9.78 Å². The van der Waals surface area contributed by atoms with Gasteiger partial charge < -0.3 is 15.5 Å². The molecule has 0 bridgehead atoms. The number of aliphatic hydroxyl groups is 1. The first-order chi connectivity index (χ1) is 15.8. The molecule has 0 aliphatic carbocycles. The van der Waals surface area contributed by atoms with E-state index in [4.69, 9.17) is 11.6 Å². The first kappa shape index (κ1) is 22.4. The molecule has 8 nitrogen and oxygen atoms in total. The van der Waals surface area contributed by atoms with Gasteiger partial charge in [0, 0.05) is 30.6 Å². The van der Waals surface area contributed by atoms with E-state index >= 15 is 0 Å². The SMILES string of the molecule is CC(O)C(N=Cc1cnc2c(Nc3cccc(-c4ccccc4)c3Cl)nn(C)c2c1)C(=O)O. The van der Waals surface area contributed by atoms with Crippen molar-refractivity contribution in [1.29, 1.82) is 0 Å². The van der Waals surface area contributed by atoms with Gasteiger partial charge in [0.25, 0.3) is 0 Å². The van der Waals surface area contributed by atoms with E-state index in [-0.39, 0.29) is 0 Å². The summed E-state index contributed by atoms with van der Waals surface area (Å²) in [4.78, 5) is 19.7. The maximum Gasteiger partial charge on any atom is 0.331 e. The number of aromatic nitrogens is 3. The van der Waals surface area contributed by atoms with E-state index in [1.165, 1.54) is 13.1 Å². The Bertz CT molecular complexity index is 1330. The highest BCUT2D eigenvalue weighted by Gasteiger charge is 2.21. The van der Waals surface area contributed by atoms with Crippen LogP contribution < -0.4 is 5.32 Å². The average Bonchev–Trinajstić information content (AvgIpc) is 3.10. The van der Waals surface area contributed by atoms with E-state index in [0.717, 1.165) is 16.6 Å². The zero-order valence-electron chi connectivity index (χ0n) is 18.0. The molecule has 0 aliphatic heterocycles. The summed E-state index contributed by atoms with van der Waals surface area (Å²) in [6.07, 6.45) is 1.85. The second-order valence-corrected chi connectivity index (χ2v) is 7.95. The highest BCUT2D eigenvalue weighted by Crippen LogP contribution is 2.36. The van der Waals surface area contributed by atoms with Crippen LogP contribution >= 0.6 is 11.6 Å². The minimum atomic E-state index is -1.25. The maximum absolute atomic E-state index is 11.2. The zero-order valence-corrected chi connectivity index (χ0v) is 18.7. The number of rotatable bonds is 7. The number of hydrogen-bond donors (Lipinski definition) is 3. The molecule has 0 saturated carbocycles. The number of fused-ring (bicyclic) bond motifs is 1. The average molecular weight is 464 g/mol. The Labute approximate surface area is 195 Å². The molecule has 168 valence electrons. The third-order valence-corrected chi connectivity index (χ3v) is 5.55. The molecule has 2 unspecified atom stereocenters. The minimum absolute atomic E-state index is 0.537. The molecular formula is C24H22ClN5O3. The van der Waals surface area contributed by atoms with E-state index < -0.39 is 18.1 Å². The predicted octanol–water partition coefficient (Wildman–Crippen LogP) is 4.29. The van der Waals surface area contributed by atoms with Gasteiger partial charge in [0.05, 0.1) is 22.3 Å². The number of anilines is 2. The van der Waals surface area contributed by atoms with Crippen LogP contribution in [0.4, 0.5) is 11.5 Å². The lowest BCUT2D eigenvalue weighted by atomic mass is 10.1. The summed E-state index contributed by atoms with van der Waals surface area (Å²) < 4.78 is 1.67. The fourth-order valence-electron chi connectivity index (χ4n) is 3.46. The second kappa shape index (κ2) is 9.40. The summed E-state index contributed by atoms with van der Waals surface area (Å²) in [6, 6.07) is 16.2. The van der Waals surface area contributed by atoms with Crippen LogP contribution in [0.15, 0.2) is 65.8 Å². The monoisotopic (exact) mass is 463 g/mol. The zero-order chi connectivity index (χ0) is 23.5. The highest BCUT2D eigenvalue weighted by molar-refractivity contribution is 6.36. The van der Waals surface area contributed by atoms with Gasteiger partial charge in [0.15, 0.2) is 11.9 Å². The number of benzene rings is 2. The van der Waals surface area contributed by atoms with Crippen molar-refractivity contribution in [2.75, 3.05) is 5.32 Å². The number of carboxylic acids is 1. The molecule has 4 rings (SSSR count). The fourth-order valence-corrected chi connectivity index (χ4v) is 3.74. The van der Waals surface area contributed by atoms with Crippen molar-refractivity contribution < 1.29 is 15.0 Å². The lowest BCUT2D eigenvalue weighted by molar-refractivity contribution is -0.140. The molecule has 0 spiro atoms. The molecule has 0 fully saturated rings. The van der Waals surface area contributed by atoms with Crippen LogP contribution in [-0.4, -0.2) is 49.3 Å². The molecule has 33 heavy (non-hydrogen) atoms. The van der Waals surface area contributed by atoms with Gasteiger partial charge in [-0.3, -0.25) is 9.67 Å². The number of carbonyl (C=O) groups is 1. The Kier molecular flexibility index (Phi) is 6.39.